The summed E-state index contributed by atoms with van der Waals surface area (Å²) in [6, 6.07) is 7.57. The molecule has 1 amide bonds. The van der Waals surface area contributed by atoms with E-state index in [0.29, 0.717) is 16.8 Å². The quantitative estimate of drug-likeness (QED) is 0.753. The average Bonchev–Trinajstić information content (AvgIpc) is 3.13. The number of aromatic amines is 1. The lowest BCUT2D eigenvalue weighted by Crippen LogP contribution is -2.35. The number of carbonyl (C=O) groups is 1. The molecule has 0 atom stereocenters. The Kier molecular flexibility index (Phi) is 3.62. The molecule has 4 nitrogen and oxygen atoms in total. The Balaban J connectivity index is 1.73. The van der Waals surface area contributed by atoms with Crippen molar-refractivity contribution in [2.24, 2.45) is 5.41 Å². The summed E-state index contributed by atoms with van der Waals surface area (Å²) in [5.74, 6) is -0.0367. The largest absolute Gasteiger partial charge is 0.397 e. The van der Waals surface area contributed by atoms with Crippen LogP contribution in [0.5, 0.6) is 0 Å². The molecular weight excluding hydrogens is 262 g/mol. The number of para-hydroxylation sites is 1. The second-order valence-corrected chi connectivity index (χ2v) is 6.24. The van der Waals surface area contributed by atoms with Crippen LogP contribution in [0.25, 0.3) is 10.9 Å². The lowest BCUT2D eigenvalue weighted by molar-refractivity contribution is 0.0924. The molecule has 0 aliphatic heterocycles. The fraction of sp³-hybridized carbons (Fsp3) is 0.471. The normalized spacial score (nSPS) is 17.2. The number of rotatable bonds is 4. The maximum Gasteiger partial charge on any atom is 0.267 e. The van der Waals surface area contributed by atoms with Crippen molar-refractivity contribution in [3.05, 3.63) is 30.0 Å². The number of nitrogens with one attached hydrogen (secondary N) is 2. The molecule has 0 unspecified atom stereocenters. The summed E-state index contributed by atoms with van der Waals surface area (Å²) in [7, 11) is 0. The fourth-order valence-electron chi connectivity index (χ4n) is 3.45. The molecule has 1 aliphatic carbocycles. The van der Waals surface area contributed by atoms with Gasteiger partial charge in [0.2, 0.25) is 0 Å². The Hall–Kier alpha value is -1.97. The van der Waals surface area contributed by atoms with E-state index in [0.717, 1.165) is 23.9 Å². The minimum Gasteiger partial charge on any atom is -0.397 e. The van der Waals surface area contributed by atoms with Gasteiger partial charge in [0.05, 0.1) is 11.2 Å². The first kappa shape index (κ1) is 14.0. The fourth-order valence-corrected chi connectivity index (χ4v) is 3.45. The van der Waals surface area contributed by atoms with E-state index >= 15 is 0 Å². The van der Waals surface area contributed by atoms with Crippen LogP contribution in [-0.2, 0) is 0 Å². The average molecular weight is 285 g/mol. The molecule has 3 rings (SSSR count). The van der Waals surface area contributed by atoms with Crippen LogP contribution < -0.4 is 11.1 Å². The predicted molar refractivity (Wildman–Crippen MR) is 86.2 cm³/mol. The Bertz CT molecular complexity index is 653. The molecule has 1 aliphatic rings. The number of H-pyrrole nitrogens is 1. The van der Waals surface area contributed by atoms with Crippen molar-refractivity contribution in [1.82, 2.24) is 10.3 Å². The van der Waals surface area contributed by atoms with Crippen LogP contribution in [0.15, 0.2) is 24.3 Å². The van der Waals surface area contributed by atoms with E-state index in [1.807, 2.05) is 24.3 Å². The molecule has 0 radical (unpaired) electrons. The van der Waals surface area contributed by atoms with Crippen molar-refractivity contribution in [3.8, 4) is 0 Å². The van der Waals surface area contributed by atoms with Gasteiger partial charge in [-0.2, -0.15) is 0 Å². The lowest BCUT2D eigenvalue weighted by atomic mass is 9.83. The van der Waals surface area contributed by atoms with Gasteiger partial charge in [-0.1, -0.05) is 31.9 Å². The van der Waals surface area contributed by atoms with Crippen molar-refractivity contribution in [2.75, 3.05) is 12.3 Å². The molecule has 0 spiro atoms. The summed E-state index contributed by atoms with van der Waals surface area (Å²) in [5.41, 5.74) is 8.33. The maximum absolute atomic E-state index is 12.4. The minimum absolute atomic E-state index is 0.0367. The number of carbonyl (C=O) groups excluding carboxylic acids is 1. The number of amides is 1. The zero-order valence-electron chi connectivity index (χ0n) is 12.5. The first-order valence-electron chi connectivity index (χ1n) is 7.79. The van der Waals surface area contributed by atoms with Gasteiger partial charge in [-0.05, 0) is 36.8 Å². The van der Waals surface area contributed by atoms with Gasteiger partial charge >= 0.3 is 0 Å². The van der Waals surface area contributed by atoms with E-state index < -0.39 is 0 Å². The molecule has 4 N–H and O–H groups in total. The smallest absolute Gasteiger partial charge is 0.267 e. The summed E-state index contributed by atoms with van der Waals surface area (Å²) in [6.45, 7) is 2.99. The molecule has 21 heavy (non-hydrogen) atoms. The van der Waals surface area contributed by atoms with Gasteiger partial charge in [0, 0.05) is 11.9 Å². The molecule has 112 valence electrons. The highest BCUT2D eigenvalue weighted by atomic mass is 16.1. The number of anilines is 1. The molecule has 1 fully saturated rings. The second-order valence-electron chi connectivity index (χ2n) is 6.24. The van der Waals surface area contributed by atoms with Crippen LogP contribution in [-0.4, -0.2) is 17.4 Å². The third-order valence-electron chi connectivity index (χ3n) is 4.97. The number of nitrogen functional groups attached to an aromatic ring is 1. The van der Waals surface area contributed by atoms with Crippen molar-refractivity contribution in [3.63, 3.8) is 0 Å². The summed E-state index contributed by atoms with van der Waals surface area (Å²) in [6.07, 6.45) is 6.15. The van der Waals surface area contributed by atoms with E-state index in [1.165, 1.54) is 25.7 Å². The van der Waals surface area contributed by atoms with Crippen LogP contribution in [0.4, 0.5) is 5.69 Å². The van der Waals surface area contributed by atoms with E-state index in [4.69, 9.17) is 5.73 Å². The van der Waals surface area contributed by atoms with Crippen molar-refractivity contribution in [1.29, 1.82) is 0 Å². The number of fused-ring (bicyclic) bond motifs is 1. The summed E-state index contributed by atoms with van der Waals surface area (Å²) in [5, 5.41) is 4.08. The molecule has 1 aromatic heterocycles. The van der Waals surface area contributed by atoms with E-state index in [-0.39, 0.29) is 5.91 Å². The molecule has 2 aromatic rings. The van der Waals surface area contributed by atoms with Crippen molar-refractivity contribution in [2.45, 2.75) is 39.0 Å². The predicted octanol–water partition coefficient (Wildman–Crippen LogP) is 3.45. The SMILES string of the molecule is CCC1(CNC(=O)c2cc3cccc(N)c3[nH]2)CCCC1. The van der Waals surface area contributed by atoms with Gasteiger partial charge in [0.1, 0.15) is 5.69 Å². The first-order valence-corrected chi connectivity index (χ1v) is 7.79. The molecule has 0 bridgehead atoms. The third kappa shape index (κ3) is 2.62. The van der Waals surface area contributed by atoms with Gasteiger partial charge in [0.25, 0.3) is 5.91 Å². The summed E-state index contributed by atoms with van der Waals surface area (Å²) in [4.78, 5) is 15.5. The standard InChI is InChI=1S/C17H23N3O/c1-2-17(8-3-4-9-17)11-19-16(21)14-10-12-6-5-7-13(18)15(12)20-14/h5-7,10,20H,2-4,8-9,11,18H2,1H3,(H,19,21). The molecule has 1 heterocycles. The van der Waals surface area contributed by atoms with Crippen molar-refractivity contribution < 1.29 is 4.79 Å². The second kappa shape index (κ2) is 5.43. The first-order chi connectivity index (χ1) is 10.1. The van der Waals surface area contributed by atoms with Gasteiger partial charge in [0.15, 0.2) is 0 Å². The van der Waals surface area contributed by atoms with E-state index in [1.54, 1.807) is 0 Å². The van der Waals surface area contributed by atoms with E-state index in [2.05, 4.69) is 17.2 Å². The van der Waals surface area contributed by atoms with Crippen LogP contribution in [0, 0.1) is 5.41 Å². The number of nitrogens with two attached hydrogens (primary N) is 1. The van der Waals surface area contributed by atoms with Gasteiger partial charge in [-0.3, -0.25) is 4.79 Å². The lowest BCUT2D eigenvalue weighted by Gasteiger charge is -2.27. The Morgan fingerprint density at radius 1 is 1.38 bits per heavy atom. The minimum atomic E-state index is -0.0367. The van der Waals surface area contributed by atoms with Gasteiger partial charge < -0.3 is 16.0 Å². The Morgan fingerprint density at radius 2 is 2.14 bits per heavy atom. The van der Waals surface area contributed by atoms with Gasteiger partial charge in [-0.25, -0.2) is 0 Å². The molecule has 1 saturated carbocycles. The summed E-state index contributed by atoms with van der Waals surface area (Å²) >= 11 is 0. The molecule has 0 saturated heterocycles. The summed E-state index contributed by atoms with van der Waals surface area (Å²) < 4.78 is 0. The highest BCUT2D eigenvalue weighted by molar-refractivity contribution is 6.00. The van der Waals surface area contributed by atoms with Crippen LogP contribution in [0.3, 0.4) is 0 Å². The molecule has 1 aromatic carbocycles. The zero-order chi connectivity index (χ0) is 14.9. The topological polar surface area (TPSA) is 70.9 Å². The van der Waals surface area contributed by atoms with Crippen LogP contribution in [0.1, 0.15) is 49.5 Å². The number of hydrogen-bond donors (Lipinski definition) is 3. The highest BCUT2D eigenvalue weighted by Gasteiger charge is 2.32. The van der Waals surface area contributed by atoms with E-state index in [9.17, 15) is 4.79 Å². The Morgan fingerprint density at radius 3 is 2.81 bits per heavy atom. The maximum atomic E-state index is 12.4. The highest BCUT2D eigenvalue weighted by Crippen LogP contribution is 2.40. The number of benzene rings is 1. The van der Waals surface area contributed by atoms with Crippen LogP contribution >= 0.6 is 0 Å². The van der Waals surface area contributed by atoms with Crippen molar-refractivity contribution >= 4 is 22.5 Å². The number of hydrogen-bond acceptors (Lipinski definition) is 2. The zero-order valence-corrected chi connectivity index (χ0v) is 12.5. The Labute approximate surface area is 125 Å². The third-order valence-corrected chi connectivity index (χ3v) is 4.97. The monoisotopic (exact) mass is 285 g/mol. The van der Waals surface area contributed by atoms with Crippen LogP contribution in [0.2, 0.25) is 0 Å². The number of aromatic nitrogens is 1. The molecular formula is C17H23N3O. The van der Waals surface area contributed by atoms with Gasteiger partial charge in [-0.15, -0.1) is 0 Å². The molecule has 4 heteroatoms.